The maximum absolute atomic E-state index is 12.5. The summed E-state index contributed by atoms with van der Waals surface area (Å²) in [5.74, 6) is 0.474. The second-order valence-corrected chi connectivity index (χ2v) is 6.72. The average molecular weight is 341 g/mol. The molecule has 7 heteroatoms. The molecular formula is C15H18Cl2N4O. The number of halogens is 2. The number of carbonyl (C=O) groups is 1. The Bertz CT molecular complexity index is 715. The maximum atomic E-state index is 12.5. The Balaban J connectivity index is 1.78. The van der Waals surface area contributed by atoms with Crippen molar-refractivity contribution in [2.75, 3.05) is 13.1 Å². The van der Waals surface area contributed by atoms with E-state index < -0.39 is 0 Å². The van der Waals surface area contributed by atoms with Crippen LogP contribution in [0.5, 0.6) is 0 Å². The van der Waals surface area contributed by atoms with Crippen LogP contribution in [0.25, 0.3) is 5.65 Å². The van der Waals surface area contributed by atoms with Crippen molar-refractivity contribution in [1.82, 2.24) is 14.3 Å². The summed E-state index contributed by atoms with van der Waals surface area (Å²) in [5, 5.41) is 1.01. The highest BCUT2D eigenvalue weighted by atomic mass is 35.5. The predicted molar refractivity (Wildman–Crippen MR) is 87.3 cm³/mol. The van der Waals surface area contributed by atoms with Crippen molar-refractivity contribution in [3.05, 3.63) is 34.2 Å². The van der Waals surface area contributed by atoms with Crippen LogP contribution in [0.3, 0.4) is 0 Å². The Morgan fingerprint density at radius 3 is 2.91 bits per heavy atom. The van der Waals surface area contributed by atoms with E-state index in [4.69, 9.17) is 28.9 Å². The van der Waals surface area contributed by atoms with Crippen molar-refractivity contribution in [3.63, 3.8) is 0 Å². The fourth-order valence-electron chi connectivity index (χ4n) is 3.08. The molecule has 1 amide bonds. The second kappa shape index (κ2) is 6.07. The molecule has 1 saturated heterocycles. The Morgan fingerprint density at radius 2 is 2.23 bits per heavy atom. The van der Waals surface area contributed by atoms with Gasteiger partial charge in [-0.1, -0.05) is 23.2 Å². The van der Waals surface area contributed by atoms with E-state index in [1.807, 2.05) is 4.90 Å². The number of hydrogen-bond donors (Lipinski definition) is 1. The molecule has 3 heterocycles. The van der Waals surface area contributed by atoms with Gasteiger partial charge in [0.05, 0.1) is 22.2 Å². The number of rotatable bonds is 3. The molecule has 0 bridgehead atoms. The molecule has 0 saturated carbocycles. The van der Waals surface area contributed by atoms with Crippen LogP contribution in [0.1, 0.15) is 19.0 Å². The lowest BCUT2D eigenvalue weighted by molar-refractivity contribution is -0.131. The largest absolute Gasteiger partial charge is 0.339 e. The molecule has 22 heavy (non-hydrogen) atoms. The zero-order valence-corrected chi connectivity index (χ0v) is 13.8. The third-order valence-electron chi connectivity index (χ3n) is 4.17. The van der Waals surface area contributed by atoms with Crippen LogP contribution in [-0.2, 0) is 11.2 Å². The molecule has 2 aromatic heterocycles. The summed E-state index contributed by atoms with van der Waals surface area (Å²) in [6, 6.07) is 1.88. The maximum Gasteiger partial charge on any atom is 0.228 e. The first-order valence-corrected chi connectivity index (χ1v) is 8.05. The van der Waals surface area contributed by atoms with Crippen molar-refractivity contribution in [3.8, 4) is 0 Å². The molecule has 2 unspecified atom stereocenters. The number of aromatic nitrogens is 2. The normalized spacial score (nSPS) is 21.7. The van der Waals surface area contributed by atoms with Crippen LogP contribution in [-0.4, -0.2) is 39.3 Å². The van der Waals surface area contributed by atoms with Gasteiger partial charge >= 0.3 is 0 Å². The van der Waals surface area contributed by atoms with Gasteiger partial charge < -0.3 is 15.0 Å². The number of carbonyl (C=O) groups excluding carboxylic acids is 1. The lowest BCUT2D eigenvalue weighted by atomic mass is 10.1. The highest BCUT2D eigenvalue weighted by molar-refractivity contribution is 6.36. The first-order valence-electron chi connectivity index (χ1n) is 7.30. The zero-order chi connectivity index (χ0) is 15.9. The monoisotopic (exact) mass is 340 g/mol. The number of likely N-dealkylation sites (tertiary alicyclic amines) is 1. The number of fused-ring (bicyclic) bond motifs is 1. The van der Waals surface area contributed by atoms with Gasteiger partial charge in [-0.3, -0.25) is 4.79 Å². The first kappa shape index (κ1) is 15.6. The molecular weight excluding hydrogens is 323 g/mol. The van der Waals surface area contributed by atoms with Crippen molar-refractivity contribution < 1.29 is 4.79 Å². The third kappa shape index (κ3) is 2.93. The van der Waals surface area contributed by atoms with Crippen molar-refractivity contribution in [2.45, 2.75) is 25.8 Å². The quantitative estimate of drug-likeness (QED) is 0.932. The summed E-state index contributed by atoms with van der Waals surface area (Å²) in [4.78, 5) is 18.8. The van der Waals surface area contributed by atoms with Gasteiger partial charge in [-0.2, -0.15) is 0 Å². The predicted octanol–water partition coefficient (Wildman–Crippen LogP) is 2.38. The molecule has 1 aliphatic heterocycles. The molecule has 0 radical (unpaired) electrons. The second-order valence-electron chi connectivity index (χ2n) is 5.88. The molecule has 1 fully saturated rings. The minimum Gasteiger partial charge on any atom is -0.339 e. The summed E-state index contributed by atoms with van der Waals surface area (Å²) < 4.78 is 1.75. The van der Waals surface area contributed by atoms with E-state index >= 15 is 0 Å². The van der Waals surface area contributed by atoms with Crippen LogP contribution < -0.4 is 5.73 Å². The van der Waals surface area contributed by atoms with E-state index in [2.05, 4.69) is 11.9 Å². The fraction of sp³-hybridized carbons (Fsp3) is 0.467. The van der Waals surface area contributed by atoms with Crippen molar-refractivity contribution in [1.29, 1.82) is 0 Å². The molecule has 1 aliphatic rings. The SMILES string of the molecule is CC1CC(CN)CN1C(=O)Cc1cn2cc(Cl)cc(Cl)c2n1. The summed E-state index contributed by atoms with van der Waals surface area (Å²) in [6.45, 7) is 3.42. The molecule has 2 aromatic rings. The molecule has 2 N–H and O–H groups in total. The zero-order valence-electron chi connectivity index (χ0n) is 12.3. The minimum atomic E-state index is 0.0778. The lowest BCUT2D eigenvalue weighted by Crippen LogP contribution is -2.35. The van der Waals surface area contributed by atoms with Crippen LogP contribution in [0.4, 0.5) is 0 Å². The van der Waals surface area contributed by atoms with Gasteiger partial charge in [0, 0.05) is 25.0 Å². The molecule has 0 aromatic carbocycles. The number of nitrogens with zero attached hydrogens (tertiary/aromatic N) is 3. The van der Waals surface area contributed by atoms with E-state index in [0.717, 1.165) is 13.0 Å². The molecule has 3 rings (SSSR count). The first-order chi connectivity index (χ1) is 10.5. The number of hydrogen-bond acceptors (Lipinski definition) is 3. The van der Waals surface area contributed by atoms with Gasteiger partial charge in [0.2, 0.25) is 5.91 Å². The van der Waals surface area contributed by atoms with Crippen LogP contribution in [0, 0.1) is 5.92 Å². The fourth-order valence-corrected chi connectivity index (χ4v) is 3.61. The Morgan fingerprint density at radius 1 is 1.45 bits per heavy atom. The molecule has 5 nitrogen and oxygen atoms in total. The van der Waals surface area contributed by atoms with Gasteiger partial charge in [0.1, 0.15) is 0 Å². The van der Waals surface area contributed by atoms with Crippen LogP contribution in [0.15, 0.2) is 18.5 Å². The van der Waals surface area contributed by atoms with E-state index in [-0.39, 0.29) is 18.4 Å². The van der Waals surface area contributed by atoms with Gasteiger partial charge in [-0.15, -0.1) is 0 Å². The van der Waals surface area contributed by atoms with E-state index in [1.165, 1.54) is 0 Å². The highest BCUT2D eigenvalue weighted by Gasteiger charge is 2.31. The molecule has 2 atom stereocenters. The van der Waals surface area contributed by atoms with Gasteiger partial charge in [-0.25, -0.2) is 4.98 Å². The summed E-state index contributed by atoms with van der Waals surface area (Å²) in [5.41, 5.74) is 7.02. The number of imidazole rings is 1. The summed E-state index contributed by atoms with van der Waals surface area (Å²) in [6.07, 6.45) is 4.75. The third-order valence-corrected chi connectivity index (χ3v) is 4.66. The van der Waals surface area contributed by atoms with Crippen LogP contribution >= 0.6 is 23.2 Å². The highest BCUT2D eigenvalue weighted by Crippen LogP contribution is 2.24. The smallest absolute Gasteiger partial charge is 0.228 e. The Hall–Kier alpha value is -1.30. The number of nitrogens with two attached hydrogens (primary N) is 1. The lowest BCUT2D eigenvalue weighted by Gasteiger charge is -2.21. The summed E-state index contributed by atoms with van der Waals surface area (Å²) in [7, 11) is 0. The molecule has 0 aliphatic carbocycles. The summed E-state index contributed by atoms with van der Waals surface area (Å²) >= 11 is 12.1. The van der Waals surface area contributed by atoms with Gasteiger partial charge in [0.15, 0.2) is 5.65 Å². The Labute approximate surface area is 139 Å². The minimum absolute atomic E-state index is 0.0778. The van der Waals surface area contributed by atoms with E-state index in [9.17, 15) is 4.79 Å². The number of pyridine rings is 1. The Kier molecular flexibility index (Phi) is 4.30. The number of amides is 1. The van der Waals surface area contributed by atoms with Crippen molar-refractivity contribution in [2.24, 2.45) is 11.7 Å². The average Bonchev–Trinajstić information content (AvgIpc) is 3.01. The standard InChI is InChI=1S/C15H18Cl2N4O/c1-9-2-10(5-18)6-21(9)14(22)4-12-8-20-7-11(16)3-13(17)15(20)19-12/h3,7-10H,2,4-6,18H2,1H3. The van der Waals surface area contributed by atoms with Gasteiger partial charge in [0.25, 0.3) is 0 Å². The van der Waals surface area contributed by atoms with Gasteiger partial charge in [-0.05, 0) is 31.9 Å². The van der Waals surface area contributed by atoms with Crippen molar-refractivity contribution >= 4 is 34.8 Å². The van der Waals surface area contributed by atoms with E-state index in [1.54, 1.807) is 22.9 Å². The van der Waals surface area contributed by atoms with Crippen LogP contribution in [0.2, 0.25) is 10.0 Å². The molecule has 118 valence electrons. The topological polar surface area (TPSA) is 63.6 Å². The molecule has 0 spiro atoms. The van der Waals surface area contributed by atoms with E-state index in [0.29, 0.717) is 33.8 Å².